The summed E-state index contributed by atoms with van der Waals surface area (Å²) in [7, 11) is 0. The minimum atomic E-state index is -0.751. The van der Waals surface area contributed by atoms with E-state index in [1.54, 1.807) is 0 Å². The lowest BCUT2D eigenvalue weighted by atomic mass is 9.47. The van der Waals surface area contributed by atoms with Crippen molar-refractivity contribution in [2.75, 3.05) is 0 Å². The fraction of sp³-hybridized carbons (Fsp3) is 0.960. The molecule has 0 fully saturated rings. The average Bonchev–Trinajstić information content (AvgIpc) is 2.64. The third kappa shape index (κ3) is 6.75. The molecule has 28 heavy (non-hydrogen) atoms. The Hall–Kier alpha value is -0.570. The van der Waals surface area contributed by atoms with Crippen LogP contribution in [-0.2, 0) is 9.68 Å². The first-order valence-corrected chi connectivity index (χ1v) is 11.8. The Morgan fingerprint density at radius 3 is 1.46 bits per heavy atom. The molecule has 3 heteroatoms. The summed E-state index contributed by atoms with van der Waals surface area (Å²) in [5, 5.41) is 9.32. The van der Waals surface area contributed by atoms with Crippen LogP contribution in [0, 0.1) is 28.1 Å². The van der Waals surface area contributed by atoms with E-state index < -0.39 is 11.4 Å². The van der Waals surface area contributed by atoms with Crippen molar-refractivity contribution in [3.63, 3.8) is 0 Å². The first kappa shape index (κ1) is 27.4. The van der Waals surface area contributed by atoms with Crippen molar-refractivity contribution in [2.45, 2.75) is 127 Å². The highest BCUT2D eigenvalue weighted by Gasteiger charge is 2.58. The molecule has 168 valence electrons. The molecule has 0 aromatic rings. The molecule has 0 heterocycles. The summed E-state index contributed by atoms with van der Waals surface area (Å²) in [5.41, 5.74) is -1.06. The van der Waals surface area contributed by atoms with Crippen molar-refractivity contribution in [1.29, 1.82) is 0 Å². The molecule has 0 amide bonds. The number of carbonyl (C=O) groups excluding carboxylic acids is 1. The molecule has 0 aliphatic carbocycles. The molecule has 0 aliphatic rings. The molecular formula is C25H50O3. The van der Waals surface area contributed by atoms with E-state index in [2.05, 4.69) is 53.4 Å². The van der Waals surface area contributed by atoms with Crippen molar-refractivity contribution in [3.8, 4) is 0 Å². The summed E-state index contributed by atoms with van der Waals surface area (Å²) in [5.74, 6) is 0.695. The van der Waals surface area contributed by atoms with E-state index in [9.17, 15) is 10.1 Å². The highest BCUT2D eigenvalue weighted by molar-refractivity contribution is 5.76. The summed E-state index contributed by atoms with van der Waals surface area (Å²) in [4.78, 5) is 17.2. The van der Waals surface area contributed by atoms with Gasteiger partial charge in [-0.3, -0.25) is 0 Å². The summed E-state index contributed by atoms with van der Waals surface area (Å²) in [6, 6.07) is 0. The molecule has 0 aliphatic heterocycles. The smallest absolute Gasteiger partial charge is 0.300 e. The van der Waals surface area contributed by atoms with Crippen molar-refractivity contribution in [2.24, 2.45) is 28.1 Å². The minimum absolute atomic E-state index is 0.0794. The number of hydrogen-bond donors (Lipinski definition) is 1. The zero-order chi connectivity index (χ0) is 22.0. The van der Waals surface area contributed by atoms with Crippen LogP contribution in [0.25, 0.3) is 0 Å². The van der Waals surface area contributed by atoms with Gasteiger partial charge in [0.2, 0.25) is 0 Å². The fourth-order valence-electron chi connectivity index (χ4n) is 5.33. The molecule has 0 rings (SSSR count). The maximum atomic E-state index is 12.8. The van der Waals surface area contributed by atoms with Crippen LogP contribution in [0.15, 0.2) is 0 Å². The topological polar surface area (TPSA) is 46.5 Å². The quantitative estimate of drug-likeness (QED) is 0.236. The lowest BCUT2D eigenvalue weighted by Crippen LogP contribution is -2.54. The molecule has 0 saturated carbocycles. The van der Waals surface area contributed by atoms with Crippen molar-refractivity contribution >= 4 is 5.97 Å². The van der Waals surface area contributed by atoms with Crippen LogP contribution >= 0.6 is 0 Å². The van der Waals surface area contributed by atoms with Gasteiger partial charge in [0, 0.05) is 0 Å². The number of unbranched alkanes of at least 4 members (excludes halogenated alkanes) is 2. The zero-order valence-electron chi connectivity index (χ0n) is 20.5. The molecule has 0 saturated heterocycles. The van der Waals surface area contributed by atoms with Gasteiger partial charge in [0.25, 0.3) is 0 Å². The molecule has 2 unspecified atom stereocenters. The van der Waals surface area contributed by atoms with Gasteiger partial charge in [0.05, 0.1) is 5.41 Å². The summed E-state index contributed by atoms with van der Waals surface area (Å²) < 4.78 is 0. The number of carbonyl (C=O) groups is 1. The van der Waals surface area contributed by atoms with E-state index >= 15 is 0 Å². The van der Waals surface area contributed by atoms with Gasteiger partial charge in [0.15, 0.2) is 0 Å². The highest BCUT2D eigenvalue weighted by Crippen LogP contribution is 2.60. The summed E-state index contributed by atoms with van der Waals surface area (Å²) >= 11 is 0. The molecule has 2 atom stereocenters. The Labute approximate surface area is 175 Å². The molecule has 3 nitrogen and oxygen atoms in total. The predicted molar refractivity (Wildman–Crippen MR) is 120 cm³/mol. The Balaban J connectivity index is 6.26. The maximum absolute atomic E-state index is 12.8. The molecule has 0 bridgehead atoms. The van der Waals surface area contributed by atoms with Crippen LogP contribution in [0.5, 0.6) is 0 Å². The van der Waals surface area contributed by atoms with E-state index in [0.717, 1.165) is 25.7 Å². The maximum Gasteiger partial charge on any atom is 0.348 e. The number of rotatable bonds is 14. The van der Waals surface area contributed by atoms with Crippen molar-refractivity contribution in [1.82, 2.24) is 0 Å². The monoisotopic (exact) mass is 398 g/mol. The van der Waals surface area contributed by atoms with E-state index in [1.165, 1.54) is 38.5 Å². The SMILES string of the molecule is CCCCC(CC)CC(CC(CC)CCCC)(C(C)(C)C)C(C)(C)C(=O)OO. The minimum Gasteiger partial charge on any atom is -0.300 e. The van der Waals surface area contributed by atoms with Gasteiger partial charge in [-0.05, 0) is 49.4 Å². The standard InChI is InChI=1S/C25H50O3/c1-10-14-16-20(12-3)18-25(23(5,6)7,24(8,9)22(26)28-27)19-21(13-4)17-15-11-2/h20-21,27H,10-19H2,1-9H3. The fourth-order valence-corrected chi connectivity index (χ4v) is 5.33. The van der Waals surface area contributed by atoms with Crippen LogP contribution in [0.4, 0.5) is 0 Å². The molecule has 0 radical (unpaired) electrons. The summed E-state index contributed by atoms with van der Waals surface area (Å²) in [6.45, 7) is 19.9. The van der Waals surface area contributed by atoms with Gasteiger partial charge in [-0.1, -0.05) is 99.8 Å². The van der Waals surface area contributed by atoms with Gasteiger partial charge < -0.3 is 4.89 Å². The second-order valence-electron chi connectivity index (χ2n) is 10.6. The van der Waals surface area contributed by atoms with Crippen LogP contribution in [-0.4, -0.2) is 11.2 Å². The van der Waals surface area contributed by atoms with Gasteiger partial charge in [-0.2, -0.15) is 5.26 Å². The number of hydrogen-bond acceptors (Lipinski definition) is 3. The third-order valence-corrected chi connectivity index (χ3v) is 7.59. The van der Waals surface area contributed by atoms with E-state index in [1.807, 2.05) is 13.8 Å². The molecule has 1 N–H and O–H groups in total. The second kappa shape index (κ2) is 12.2. The lowest BCUT2D eigenvalue weighted by Gasteiger charge is -2.56. The van der Waals surface area contributed by atoms with Gasteiger partial charge >= 0.3 is 5.97 Å². The highest BCUT2D eigenvalue weighted by atomic mass is 17.1. The first-order valence-electron chi connectivity index (χ1n) is 11.8. The van der Waals surface area contributed by atoms with Crippen LogP contribution < -0.4 is 0 Å². The Morgan fingerprint density at radius 2 is 1.21 bits per heavy atom. The molecular weight excluding hydrogens is 348 g/mol. The lowest BCUT2D eigenvalue weighted by molar-refractivity contribution is -0.256. The van der Waals surface area contributed by atoms with Crippen LogP contribution in [0.2, 0.25) is 0 Å². The van der Waals surface area contributed by atoms with Crippen molar-refractivity contribution in [3.05, 3.63) is 0 Å². The Kier molecular flexibility index (Phi) is 12.0. The van der Waals surface area contributed by atoms with E-state index in [4.69, 9.17) is 0 Å². The Bertz CT molecular complexity index is 416. The average molecular weight is 399 g/mol. The molecule has 0 aromatic carbocycles. The van der Waals surface area contributed by atoms with Crippen LogP contribution in [0.3, 0.4) is 0 Å². The van der Waals surface area contributed by atoms with Gasteiger partial charge in [0.1, 0.15) is 0 Å². The Morgan fingerprint density at radius 1 is 0.821 bits per heavy atom. The molecule has 0 aromatic heterocycles. The zero-order valence-corrected chi connectivity index (χ0v) is 20.5. The van der Waals surface area contributed by atoms with E-state index in [-0.39, 0.29) is 10.8 Å². The van der Waals surface area contributed by atoms with Crippen molar-refractivity contribution < 1.29 is 14.9 Å². The largest absolute Gasteiger partial charge is 0.348 e. The second-order valence-corrected chi connectivity index (χ2v) is 10.6. The van der Waals surface area contributed by atoms with Gasteiger partial charge in [-0.15, -0.1) is 0 Å². The van der Waals surface area contributed by atoms with E-state index in [0.29, 0.717) is 11.8 Å². The predicted octanol–water partition coefficient (Wildman–Crippen LogP) is 8.27. The third-order valence-electron chi connectivity index (χ3n) is 7.59. The normalized spacial score (nSPS) is 17.1. The first-order chi connectivity index (χ1) is 13.0. The summed E-state index contributed by atoms with van der Waals surface area (Å²) in [6.07, 6.45) is 11.6. The van der Waals surface area contributed by atoms with Crippen LogP contribution in [0.1, 0.15) is 127 Å². The van der Waals surface area contributed by atoms with Gasteiger partial charge in [-0.25, -0.2) is 4.79 Å². The molecule has 0 spiro atoms.